The normalized spacial score (nSPS) is 24.8. The highest BCUT2D eigenvalue weighted by Crippen LogP contribution is 2.33. The number of hydrogen-bond acceptors (Lipinski definition) is 3. The molecule has 0 saturated carbocycles. The summed E-state index contributed by atoms with van der Waals surface area (Å²) in [5.74, 6) is 0.123. The molecule has 1 aliphatic rings. The zero-order chi connectivity index (χ0) is 14.2. The number of nitrogens with zero attached hydrogens (tertiary/aromatic N) is 1. The van der Waals surface area contributed by atoms with Crippen molar-refractivity contribution < 1.29 is 13.5 Å². The van der Waals surface area contributed by atoms with Crippen LogP contribution in [0.1, 0.15) is 13.3 Å². The monoisotopic (exact) mass is 323 g/mol. The van der Waals surface area contributed by atoms with Crippen LogP contribution in [0.15, 0.2) is 23.1 Å². The first-order valence-electron chi connectivity index (χ1n) is 5.95. The van der Waals surface area contributed by atoms with Crippen molar-refractivity contribution in [3.63, 3.8) is 0 Å². The van der Waals surface area contributed by atoms with E-state index >= 15 is 0 Å². The van der Waals surface area contributed by atoms with Gasteiger partial charge in [-0.1, -0.05) is 30.1 Å². The van der Waals surface area contributed by atoms with Crippen LogP contribution in [0, 0.1) is 5.92 Å². The molecule has 4 nitrogen and oxygen atoms in total. The second-order valence-electron chi connectivity index (χ2n) is 4.71. The van der Waals surface area contributed by atoms with Gasteiger partial charge in [-0.3, -0.25) is 0 Å². The molecule has 1 aromatic carbocycles. The Morgan fingerprint density at radius 2 is 2.11 bits per heavy atom. The van der Waals surface area contributed by atoms with Crippen molar-refractivity contribution >= 4 is 33.2 Å². The van der Waals surface area contributed by atoms with Crippen LogP contribution in [0.25, 0.3) is 0 Å². The van der Waals surface area contributed by atoms with E-state index in [0.29, 0.717) is 11.6 Å². The second kappa shape index (κ2) is 5.58. The molecule has 0 spiro atoms. The molecule has 2 rings (SSSR count). The van der Waals surface area contributed by atoms with Gasteiger partial charge in [-0.05, 0) is 30.5 Å². The van der Waals surface area contributed by atoms with E-state index in [1.54, 1.807) is 6.07 Å². The highest BCUT2D eigenvalue weighted by atomic mass is 35.5. The number of halogens is 2. The summed E-state index contributed by atoms with van der Waals surface area (Å²) in [6, 6.07) is 3.94. The third kappa shape index (κ3) is 2.76. The zero-order valence-corrected chi connectivity index (χ0v) is 12.7. The number of aliphatic hydroxyl groups is 1. The highest BCUT2D eigenvalue weighted by molar-refractivity contribution is 7.89. The molecule has 1 N–H and O–H groups in total. The largest absolute Gasteiger partial charge is 0.395 e. The van der Waals surface area contributed by atoms with Crippen molar-refractivity contribution in [2.75, 3.05) is 13.2 Å². The third-order valence-electron chi connectivity index (χ3n) is 3.50. The van der Waals surface area contributed by atoms with E-state index in [1.165, 1.54) is 16.4 Å². The SMILES string of the molecule is CC1CCN(S(=O)(=O)c2cc(Cl)ccc2Cl)C1CO. The van der Waals surface area contributed by atoms with Gasteiger partial charge in [0.1, 0.15) is 4.90 Å². The number of sulfonamides is 1. The van der Waals surface area contributed by atoms with Gasteiger partial charge in [0.25, 0.3) is 0 Å². The topological polar surface area (TPSA) is 57.6 Å². The predicted octanol–water partition coefficient (Wildman–Crippen LogP) is 2.38. The average Bonchev–Trinajstić information content (AvgIpc) is 2.74. The van der Waals surface area contributed by atoms with Gasteiger partial charge in [0.05, 0.1) is 17.7 Å². The second-order valence-corrected chi connectivity index (χ2v) is 7.41. The van der Waals surface area contributed by atoms with Crippen LogP contribution < -0.4 is 0 Å². The van der Waals surface area contributed by atoms with Crippen LogP contribution in [0.5, 0.6) is 0 Å². The third-order valence-corrected chi connectivity index (χ3v) is 6.14. The molecule has 0 amide bonds. The molecule has 1 saturated heterocycles. The summed E-state index contributed by atoms with van der Waals surface area (Å²) in [4.78, 5) is -0.00535. The summed E-state index contributed by atoms with van der Waals surface area (Å²) in [7, 11) is -3.73. The molecule has 2 atom stereocenters. The molecule has 1 aliphatic heterocycles. The van der Waals surface area contributed by atoms with E-state index < -0.39 is 16.1 Å². The Morgan fingerprint density at radius 3 is 2.74 bits per heavy atom. The van der Waals surface area contributed by atoms with Gasteiger partial charge in [-0.15, -0.1) is 0 Å². The molecule has 0 aliphatic carbocycles. The first kappa shape index (κ1) is 15.1. The van der Waals surface area contributed by atoms with Gasteiger partial charge >= 0.3 is 0 Å². The minimum atomic E-state index is -3.73. The molecule has 1 fully saturated rings. The van der Waals surface area contributed by atoms with Crippen LogP contribution in [0.2, 0.25) is 10.0 Å². The van der Waals surface area contributed by atoms with Crippen LogP contribution in [0.4, 0.5) is 0 Å². The Balaban J connectivity index is 2.45. The Kier molecular flexibility index (Phi) is 4.42. The summed E-state index contributed by atoms with van der Waals surface area (Å²) >= 11 is 11.8. The van der Waals surface area contributed by atoms with E-state index in [4.69, 9.17) is 23.2 Å². The van der Waals surface area contributed by atoms with E-state index in [-0.39, 0.29) is 22.4 Å². The van der Waals surface area contributed by atoms with Gasteiger partial charge in [0.2, 0.25) is 10.0 Å². The van der Waals surface area contributed by atoms with Crippen molar-refractivity contribution in [3.8, 4) is 0 Å². The van der Waals surface area contributed by atoms with E-state index in [1.807, 2.05) is 6.92 Å². The van der Waals surface area contributed by atoms with Crippen molar-refractivity contribution in [2.45, 2.75) is 24.3 Å². The summed E-state index contributed by atoms with van der Waals surface area (Å²) in [5, 5.41) is 9.83. The maximum atomic E-state index is 12.6. The maximum Gasteiger partial charge on any atom is 0.244 e. The van der Waals surface area contributed by atoms with E-state index in [2.05, 4.69) is 0 Å². The van der Waals surface area contributed by atoms with Crippen LogP contribution in [-0.2, 0) is 10.0 Å². The van der Waals surface area contributed by atoms with Gasteiger partial charge in [0.15, 0.2) is 0 Å². The first-order valence-corrected chi connectivity index (χ1v) is 8.15. The fourth-order valence-electron chi connectivity index (χ4n) is 2.34. The summed E-state index contributed by atoms with van der Waals surface area (Å²) < 4.78 is 26.5. The number of aliphatic hydroxyl groups excluding tert-OH is 1. The Bertz CT molecular complexity index is 576. The van der Waals surface area contributed by atoms with Gasteiger partial charge < -0.3 is 5.11 Å². The lowest BCUT2D eigenvalue weighted by atomic mass is 10.0. The minimum absolute atomic E-state index is 0.00535. The summed E-state index contributed by atoms with van der Waals surface area (Å²) in [6.45, 7) is 2.12. The number of benzene rings is 1. The van der Waals surface area contributed by atoms with Gasteiger partial charge in [-0.2, -0.15) is 4.31 Å². The Morgan fingerprint density at radius 1 is 1.42 bits per heavy atom. The molecule has 106 valence electrons. The van der Waals surface area contributed by atoms with Crippen molar-refractivity contribution in [3.05, 3.63) is 28.2 Å². The maximum absolute atomic E-state index is 12.6. The first-order chi connectivity index (χ1) is 8.87. The fraction of sp³-hybridized carbons (Fsp3) is 0.500. The van der Waals surface area contributed by atoms with Gasteiger partial charge in [0, 0.05) is 11.6 Å². The minimum Gasteiger partial charge on any atom is -0.395 e. The molecule has 7 heteroatoms. The quantitative estimate of drug-likeness (QED) is 0.929. The summed E-state index contributed by atoms with van der Waals surface area (Å²) in [6.07, 6.45) is 0.725. The number of rotatable bonds is 3. The van der Waals surface area contributed by atoms with Crippen LogP contribution in [-0.4, -0.2) is 37.0 Å². The lowest BCUT2D eigenvalue weighted by Crippen LogP contribution is -2.39. The molecule has 0 radical (unpaired) electrons. The molecule has 0 aromatic heterocycles. The molecular formula is C12H15Cl2NO3S. The molecule has 0 bridgehead atoms. The van der Waals surface area contributed by atoms with Crippen LogP contribution >= 0.6 is 23.2 Å². The fourth-order valence-corrected chi connectivity index (χ4v) is 4.81. The van der Waals surface area contributed by atoms with Crippen molar-refractivity contribution in [1.82, 2.24) is 4.31 Å². The highest BCUT2D eigenvalue weighted by Gasteiger charge is 2.39. The number of hydrogen-bond donors (Lipinski definition) is 1. The summed E-state index contributed by atoms with van der Waals surface area (Å²) in [5.41, 5.74) is 0. The Labute approximate surface area is 123 Å². The molecule has 1 heterocycles. The molecule has 1 aromatic rings. The predicted molar refractivity (Wildman–Crippen MR) is 75.0 cm³/mol. The van der Waals surface area contributed by atoms with E-state index in [0.717, 1.165) is 6.42 Å². The standard InChI is InChI=1S/C12H15Cl2NO3S/c1-8-4-5-15(11(8)7-16)19(17,18)12-6-9(13)2-3-10(12)14/h2-3,6,8,11,16H,4-5,7H2,1H3. The van der Waals surface area contributed by atoms with Gasteiger partial charge in [-0.25, -0.2) is 8.42 Å². The smallest absolute Gasteiger partial charge is 0.244 e. The lowest BCUT2D eigenvalue weighted by molar-refractivity contribution is 0.191. The van der Waals surface area contributed by atoms with E-state index in [9.17, 15) is 13.5 Å². The molecule has 2 unspecified atom stereocenters. The Hall–Kier alpha value is -0.330. The zero-order valence-electron chi connectivity index (χ0n) is 10.4. The van der Waals surface area contributed by atoms with Crippen molar-refractivity contribution in [2.24, 2.45) is 5.92 Å². The lowest BCUT2D eigenvalue weighted by Gasteiger charge is -2.25. The molecule has 19 heavy (non-hydrogen) atoms. The van der Waals surface area contributed by atoms with Crippen LogP contribution in [0.3, 0.4) is 0 Å². The van der Waals surface area contributed by atoms with Crippen molar-refractivity contribution in [1.29, 1.82) is 0 Å². The molecular weight excluding hydrogens is 309 g/mol. The average molecular weight is 324 g/mol.